The van der Waals surface area contributed by atoms with Gasteiger partial charge in [-0.2, -0.15) is 0 Å². The van der Waals surface area contributed by atoms with Gasteiger partial charge in [0.1, 0.15) is 17.9 Å². The Labute approximate surface area is 158 Å². The minimum absolute atomic E-state index is 0.119. The molecule has 0 fully saturated rings. The molecule has 0 saturated heterocycles. The van der Waals surface area contributed by atoms with Gasteiger partial charge in [0.25, 0.3) is 11.5 Å². The molecule has 5 nitrogen and oxygen atoms in total. The van der Waals surface area contributed by atoms with Crippen molar-refractivity contribution in [1.82, 2.24) is 9.88 Å². The number of aromatic nitrogens is 1. The van der Waals surface area contributed by atoms with Gasteiger partial charge in [0, 0.05) is 12.7 Å². The molecule has 1 amide bonds. The third kappa shape index (κ3) is 4.44. The van der Waals surface area contributed by atoms with E-state index in [1.807, 2.05) is 61.5 Å². The Morgan fingerprint density at radius 3 is 2.41 bits per heavy atom. The van der Waals surface area contributed by atoms with Crippen LogP contribution in [0, 0.1) is 6.92 Å². The summed E-state index contributed by atoms with van der Waals surface area (Å²) in [6.45, 7) is 2.71. The second-order valence-corrected chi connectivity index (χ2v) is 6.32. The smallest absolute Gasteiger partial charge is 0.261 e. The molecule has 0 radical (unpaired) electrons. The van der Waals surface area contributed by atoms with Crippen LogP contribution in [0.25, 0.3) is 11.3 Å². The van der Waals surface area contributed by atoms with Gasteiger partial charge in [-0.1, -0.05) is 48.5 Å². The number of carbonyl (C=O) groups is 1. The molecule has 138 valence electrons. The summed E-state index contributed by atoms with van der Waals surface area (Å²) in [6.07, 6.45) is 0. The van der Waals surface area contributed by atoms with Crippen molar-refractivity contribution >= 4 is 5.91 Å². The van der Waals surface area contributed by atoms with Crippen molar-refractivity contribution < 1.29 is 9.53 Å². The molecular formula is C22H22N2O3. The molecule has 0 aliphatic rings. The second kappa shape index (κ2) is 8.36. The number of nitrogens with zero attached hydrogens (tertiary/aromatic N) is 1. The van der Waals surface area contributed by atoms with Crippen LogP contribution in [-0.4, -0.2) is 36.0 Å². The molecule has 0 atom stereocenters. The van der Waals surface area contributed by atoms with Gasteiger partial charge in [-0.05, 0) is 36.2 Å². The number of benzene rings is 2. The average molecular weight is 362 g/mol. The fourth-order valence-corrected chi connectivity index (χ4v) is 2.75. The number of aryl methyl sites for hydroxylation is 1. The highest BCUT2D eigenvalue weighted by Gasteiger charge is 2.16. The lowest BCUT2D eigenvalue weighted by Crippen LogP contribution is -2.34. The lowest BCUT2D eigenvalue weighted by molar-refractivity contribution is 0.0772. The van der Waals surface area contributed by atoms with Crippen molar-refractivity contribution in [2.24, 2.45) is 0 Å². The highest BCUT2D eigenvalue weighted by atomic mass is 16.5. The molecule has 2 aromatic carbocycles. The second-order valence-electron chi connectivity index (χ2n) is 6.32. The monoisotopic (exact) mass is 362 g/mol. The number of amides is 1. The summed E-state index contributed by atoms with van der Waals surface area (Å²) in [5.74, 6) is 0.465. The Morgan fingerprint density at radius 2 is 1.70 bits per heavy atom. The summed E-state index contributed by atoms with van der Waals surface area (Å²) < 4.78 is 5.72. The van der Waals surface area contributed by atoms with Crippen LogP contribution in [0.3, 0.4) is 0 Å². The molecule has 1 N–H and O–H groups in total. The molecule has 1 aromatic heterocycles. The van der Waals surface area contributed by atoms with Crippen LogP contribution < -0.4 is 10.3 Å². The summed E-state index contributed by atoms with van der Waals surface area (Å²) >= 11 is 0. The summed E-state index contributed by atoms with van der Waals surface area (Å²) in [7, 11) is 1.66. The number of ether oxygens (including phenoxy) is 1. The number of H-pyrrole nitrogens is 1. The van der Waals surface area contributed by atoms with E-state index in [1.54, 1.807) is 19.2 Å². The van der Waals surface area contributed by atoms with E-state index in [0.29, 0.717) is 18.8 Å². The standard InChI is InChI=1S/C22H22N2O3/c1-16-8-6-7-11-20(16)27-15-14-24(2)22(26)18-12-13-19(23-21(18)25)17-9-4-3-5-10-17/h3-13H,14-15H2,1-2H3,(H,23,25). The minimum atomic E-state index is -0.395. The fourth-order valence-electron chi connectivity index (χ4n) is 2.75. The molecule has 0 aliphatic heterocycles. The molecule has 27 heavy (non-hydrogen) atoms. The Morgan fingerprint density at radius 1 is 1.00 bits per heavy atom. The Bertz CT molecular complexity index is 980. The van der Waals surface area contributed by atoms with Crippen molar-refractivity contribution in [3.63, 3.8) is 0 Å². The van der Waals surface area contributed by atoms with Gasteiger partial charge in [0.05, 0.1) is 6.54 Å². The third-order valence-electron chi connectivity index (χ3n) is 4.35. The largest absolute Gasteiger partial charge is 0.491 e. The van der Waals surface area contributed by atoms with E-state index in [2.05, 4.69) is 4.98 Å². The number of hydrogen-bond donors (Lipinski definition) is 1. The van der Waals surface area contributed by atoms with Gasteiger partial charge in [0.15, 0.2) is 0 Å². The Balaban J connectivity index is 1.64. The highest BCUT2D eigenvalue weighted by Crippen LogP contribution is 2.16. The zero-order valence-electron chi connectivity index (χ0n) is 15.4. The third-order valence-corrected chi connectivity index (χ3v) is 4.35. The minimum Gasteiger partial charge on any atom is -0.491 e. The lowest BCUT2D eigenvalue weighted by Gasteiger charge is -2.18. The predicted molar refractivity (Wildman–Crippen MR) is 106 cm³/mol. The summed E-state index contributed by atoms with van der Waals surface area (Å²) in [4.78, 5) is 29.2. The van der Waals surface area contributed by atoms with Gasteiger partial charge in [-0.15, -0.1) is 0 Å². The highest BCUT2D eigenvalue weighted by molar-refractivity contribution is 5.93. The summed E-state index contributed by atoms with van der Waals surface area (Å²) in [6, 6.07) is 20.6. The number of aromatic amines is 1. The maximum Gasteiger partial charge on any atom is 0.261 e. The first-order chi connectivity index (χ1) is 13.1. The number of carbonyl (C=O) groups excluding carboxylic acids is 1. The van der Waals surface area contributed by atoms with E-state index in [4.69, 9.17) is 4.74 Å². The van der Waals surface area contributed by atoms with Crippen LogP contribution in [0.15, 0.2) is 71.5 Å². The van der Waals surface area contributed by atoms with E-state index in [9.17, 15) is 9.59 Å². The molecule has 0 unspecified atom stereocenters. The van der Waals surface area contributed by atoms with Gasteiger partial charge < -0.3 is 14.6 Å². The van der Waals surface area contributed by atoms with Crippen molar-refractivity contribution in [1.29, 1.82) is 0 Å². The molecule has 1 heterocycles. The van der Waals surface area contributed by atoms with Crippen molar-refractivity contribution in [2.75, 3.05) is 20.2 Å². The zero-order chi connectivity index (χ0) is 19.2. The molecule has 0 saturated carbocycles. The quantitative estimate of drug-likeness (QED) is 0.730. The van der Waals surface area contributed by atoms with Crippen LogP contribution in [0.1, 0.15) is 15.9 Å². The molecule has 0 aliphatic carbocycles. The number of pyridine rings is 1. The van der Waals surface area contributed by atoms with Crippen LogP contribution in [0.2, 0.25) is 0 Å². The number of likely N-dealkylation sites (N-methyl/N-ethyl adjacent to an activating group) is 1. The number of rotatable bonds is 6. The number of nitrogens with one attached hydrogen (secondary N) is 1. The van der Waals surface area contributed by atoms with Crippen molar-refractivity contribution in [2.45, 2.75) is 6.92 Å². The average Bonchev–Trinajstić information content (AvgIpc) is 2.69. The number of hydrogen-bond acceptors (Lipinski definition) is 3. The zero-order valence-corrected chi connectivity index (χ0v) is 15.4. The predicted octanol–water partition coefficient (Wildman–Crippen LogP) is 3.50. The van der Waals surface area contributed by atoms with E-state index in [-0.39, 0.29) is 11.5 Å². The van der Waals surface area contributed by atoms with Crippen molar-refractivity contribution in [3.05, 3.63) is 88.2 Å². The van der Waals surface area contributed by atoms with E-state index < -0.39 is 5.56 Å². The molecule has 0 bridgehead atoms. The molecule has 0 spiro atoms. The SMILES string of the molecule is Cc1ccccc1OCCN(C)C(=O)c1ccc(-c2ccccc2)[nH]c1=O. The summed E-state index contributed by atoms with van der Waals surface area (Å²) in [5.41, 5.74) is 2.34. The van der Waals surface area contributed by atoms with Crippen LogP contribution >= 0.6 is 0 Å². The molecule has 3 rings (SSSR count). The Kier molecular flexibility index (Phi) is 5.71. The lowest BCUT2D eigenvalue weighted by atomic mass is 10.1. The topological polar surface area (TPSA) is 62.4 Å². The normalized spacial score (nSPS) is 10.4. The van der Waals surface area contributed by atoms with E-state index >= 15 is 0 Å². The van der Waals surface area contributed by atoms with Gasteiger partial charge in [-0.3, -0.25) is 9.59 Å². The molecular weight excluding hydrogens is 340 g/mol. The Hall–Kier alpha value is -3.34. The van der Waals surface area contributed by atoms with Crippen LogP contribution in [0.4, 0.5) is 0 Å². The first-order valence-electron chi connectivity index (χ1n) is 8.79. The van der Waals surface area contributed by atoms with Crippen molar-refractivity contribution in [3.8, 4) is 17.0 Å². The first kappa shape index (κ1) is 18.5. The fraction of sp³-hybridized carbons (Fsp3) is 0.182. The van der Waals surface area contributed by atoms with Gasteiger partial charge in [0.2, 0.25) is 0 Å². The molecule has 5 heteroatoms. The number of para-hydroxylation sites is 1. The van der Waals surface area contributed by atoms with E-state index in [1.165, 1.54) is 4.90 Å². The van der Waals surface area contributed by atoms with Gasteiger partial charge >= 0.3 is 0 Å². The van der Waals surface area contributed by atoms with Crippen LogP contribution in [-0.2, 0) is 0 Å². The van der Waals surface area contributed by atoms with E-state index in [0.717, 1.165) is 16.9 Å². The maximum absolute atomic E-state index is 12.6. The summed E-state index contributed by atoms with van der Waals surface area (Å²) in [5, 5.41) is 0. The first-order valence-corrected chi connectivity index (χ1v) is 8.79. The molecule has 3 aromatic rings. The maximum atomic E-state index is 12.6. The van der Waals surface area contributed by atoms with Gasteiger partial charge in [-0.25, -0.2) is 0 Å². The van der Waals surface area contributed by atoms with Crippen LogP contribution in [0.5, 0.6) is 5.75 Å².